The third-order valence-electron chi connectivity index (χ3n) is 3.34. The van der Waals surface area contributed by atoms with Gasteiger partial charge in [0.25, 0.3) is 0 Å². The average molecular weight is 320 g/mol. The third kappa shape index (κ3) is 2.80. The van der Waals surface area contributed by atoms with Gasteiger partial charge in [-0.3, -0.25) is 5.32 Å². The molecule has 118 valence electrons. The molecule has 8 nitrogen and oxygen atoms in total. The Kier molecular flexibility index (Phi) is 3.39. The molecule has 0 saturated heterocycles. The maximum Gasteiger partial charge on any atom is 0.326 e. The Morgan fingerprint density at radius 2 is 2.04 bits per heavy atom. The number of nitrogens with one attached hydrogen (secondary N) is 2. The molecule has 0 aliphatic heterocycles. The van der Waals surface area contributed by atoms with Gasteiger partial charge >= 0.3 is 6.03 Å². The van der Waals surface area contributed by atoms with Crippen LogP contribution in [0.25, 0.3) is 16.9 Å². The summed E-state index contributed by atoms with van der Waals surface area (Å²) in [7, 11) is 0. The first-order valence-corrected chi connectivity index (χ1v) is 7.17. The van der Waals surface area contributed by atoms with Crippen LogP contribution in [0.15, 0.2) is 65.5 Å². The molecule has 0 fully saturated rings. The van der Waals surface area contributed by atoms with Crippen molar-refractivity contribution in [1.29, 1.82) is 0 Å². The van der Waals surface area contributed by atoms with E-state index in [9.17, 15) is 4.79 Å². The van der Waals surface area contributed by atoms with Crippen LogP contribution >= 0.6 is 0 Å². The van der Waals surface area contributed by atoms with Crippen LogP contribution in [0, 0.1) is 0 Å². The molecular formula is C16H12N6O2. The summed E-state index contributed by atoms with van der Waals surface area (Å²) in [5, 5.41) is 17.5. The van der Waals surface area contributed by atoms with Crippen molar-refractivity contribution < 1.29 is 9.21 Å². The zero-order valence-corrected chi connectivity index (χ0v) is 12.4. The lowest BCUT2D eigenvalue weighted by Gasteiger charge is -2.07. The third-order valence-corrected chi connectivity index (χ3v) is 3.34. The lowest BCUT2D eigenvalue weighted by molar-refractivity contribution is 0.261. The largest absolute Gasteiger partial charge is 0.449 e. The number of nitrogens with zero attached hydrogens (tertiary/aromatic N) is 4. The Labute approximate surface area is 136 Å². The van der Waals surface area contributed by atoms with Gasteiger partial charge in [0, 0.05) is 17.3 Å². The molecule has 0 atom stereocenters. The van der Waals surface area contributed by atoms with E-state index in [-0.39, 0.29) is 6.03 Å². The van der Waals surface area contributed by atoms with E-state index in [4.69, 9.17) is 4.42 Å². The Bertz CT molecular complexity index is 993. The molecule has 3 aromatic heterocycles. The molecule has 0 aliphatic rings. The fourth-order valence-electron chi connectivity index (χ4n) is 2.26. The molecule has 0 saturated carbocycles. The van der Waals surface area contributed by atoms with Gasteiger partial charge in [-0.2, -0.15) is 9.61 Å². The zero-order valence-electron chi connectivity index (χ0n) is 12.4. The van der Waals surface area contributed by atoms with Gasteiger partial charge in [-0.25, -0.2) is 4.79 Å². The summed E-state index contributed by atoms with van der Waals surface area (Å²) in [6.45, 7) is 0. The van der Waals surface area contributed by atoms with E-state index in [1.165, 1.54) is 12.6 Å². The number of aromatic nitrogens is 4. The molecule has 0 bridgehead atoms. The molecule has 4 rings (SSSR count). The van der Waals surface area contributed by atoms with Gasteiger partial charge < -0.3 is 9.73 Å². The number of carbonyl (C=O) groups is 1. The molecule has 0 aliphatic carbocycles. The van der Waals surface area contributed by atoms with E-state index in [1.807, 2.05) is 30.3 Å². The van der Waals surface area contributed by atoms with Crippen LogP contribution < -0.4 is 10.6 Å². The predicted octanol–water partition coefficient (Wildman–Crippen LogP) is 3.03. The second-order valence-electron chi connectivity index (χ2n) is 4.99. The second-order valence-corrected chi connectivity index (χ2v) is 4.99. The summed E-state index contributed by atoms with van der Waals surface area (Å²) in [6, 6.07) is 14.0. The molecular weight excluding hydrogens is 308 g/mol. The second kappa shape index (κ2) is 5.84. The lowest BCUT2D eigenvalue weighted by Crippen LogP contribution is -2.18. The van der Waals surface area contributed by atoms with Crippen molar-refractivity contribution in [3.8, 4) is 11.3 Å². The summed E-state index contributed by atoms with van der Waals surface area (Å²) in [4.78, 5) is 11.9. The van der Waals surface area contributed by atoms with Crippen LogP contribution in [0.3, 0.4) is 0 Å². The number of anilines is 2. The van der Waals surface area contributed by atoms with E-state index in [0.717, 1.165) is 11.3 Å². The van der Waals surface area contributed by atoms with E-state index in [2.05, 4.69) is 25.9 Å². The summed E-state index contributed by atoms with van der Waals surface area (Å²) in [5.74, 6) is 0.378. The van der Waals surface area contributed by atoms with Gasteiger partial charge in [0.15, 0.2) is 5.65 Å². The minimum atomic E-state index is -0.385. The number of furan rings is 1. The highest BCUT2D eigenvalue weighted by molar-refractivity contribution is 5.99. The van der Waals surface area contributed by atoms with E-state index < -0.39 is 0 Å². The van der Waals surface area contributed by atoms with Crippen molar-refractivity contribution >= 4 is 23.2 Å². The number of carbonyl (C=O) groups excluding carboxylic acids is 1. The highest BCUT2D eigenvalue weighted by Gasteiger charge is 2.07. The van der Waals surface area contributed by atoms with Crippen LogP contribution in [0.1, 0.15) is 0 Å². The lowest BCUT2D eigenvalue weighted by atomic mass is 10.1. The molecule has 0 spiro atoms. The fourth-order valence-corrected chi connectivity index (χ4v) is 2.26. The van der Waals surface area contributed by atoms with Gasteiger partial charge in [-0.15, -0.1) is 10.2 Å². The van der Waals surface area contributed by atoms with Crippen molar-refractivity contribution in [2.45, 2.75) is 0 Å². The first-order valence-electron chi connectivity index (χ1n) is 7.17. The Morgan fingerprint density at radius 3 is 2.92 bits per heavy atom. The van der Waals surface area contributed by atoms with Crippen molar-refractivity contribution in [2.24, 2.45) is 0 Å². The van der Waals surface area contributed by atoms with Gasteiger partial charge in [0.1, 0.15) is 6.33 Å². The van der Waals surface area contributed by atoms with Crippen LogP contribution in [-0.4, -0.2) is 25.8 Å². The number of hydrogen-bond donors (Lipinski definition) is 2. The maximum atomic E-state index is 11.9. The van der Waals surface area contributed by atoms with Crippen molar-refractivity contribution in [3.05, 3.63) is 61.1 Å². The summed E-state index contributed by atoms with van der Waals surface area (Å²) < 4.78 is 6.67. The Balaban J connectivity index is 1.55. The molecule has 1 aromatic carbocycles. The minimum Gasteiger partial charge on any atom is -0.449 e. The van der Waals surface area contributed by atoms with Crippen LogP contribution in [0.5, 0.6) is 0 Å². The van der Waals surface area contributed by atoms with Crippen LogP contribution in [-0.2, 0) is 0 Å². The highest BCUT2D eigenvalue weighted by atomic mass is 16.3. The Hall–Kier alpha value is -3.68. The quantitative estimate of drug-likeness (QED) is 0.604. The van der Waals surface area contributed by atoms with Gasteiger partial charge in [0.2, 0.25) is 5.88 Å². The predicted molar refractivity (Wildman–Crippen MR) is 87.6 cm³/mol. The number of rotatable bonds is 3. The number of benzene rings is 1. The smallest absolute Gasteiger partial charge is 0.326 e. The number of hydrogen-bond acceptors (Lipinski definition) is 5. The summed E-state index contributed by atoms with van der Waals surface area (Å²) in [5.41, 5.74) is 2.92. The van der Waals surface area contributed by atoms with E-state index >= 15 is 0 Å². The molecule has 2 amide bonds. The number of amides is 2. The first kappa shape index (κ1) is 13.9. The number of fused-ring (bicyclic) bond motifs is 1. The molecule has 4 aromatic rings. The average Bonchev–Trinajstić information content (AvgIpc) is 3.25. The normalized spacial score (nSPS) is 10.7. The number of urea groups is 1. The zero-order chi connectivity index (χ0) is 16.4. The van der Waals surface area contributed by atoms with Gasteiger partial charge in [-0.1, -0.05) is 12.1 Å². The fraction of sp³-hybridized carbons (Fsp3) is 0. The van der Waals surface area contributed by atoms with E-state index in [0.29, 0.717) is 17.2 Å². The summed E-state index contributed by atoms with van der Waals surface area (Å²) >= 11 is 0. The first-order chi connectivity index (χ1) is 11.8. The highest BCUT2D eigenvalue weighted by Crippen LogP contribution is 2.21. The van der Waals surface area contributed by atoms with Crippen LogP contribution in [0.4, 0.5) is 16.4 Å². The van der Waals surface area contributed by atoms with E-state index in [1.54, 1.807) is 22.7 Å². The molecule has 8 heteroatoms. The van der Waals surface area contributed by atoms with Gasteiger partial charge in [0.05, 0.1) is 12.0 Å². The molecule has 2 N–H and O–H groups in total. The molecule has 0 radical (unpaired) electrons. The van der Waals surface area contributed by atoms with Crippen LogP contribution in [0.2, 0.25) is 0 Å². The molecule has 24 heavy (non-hydrogen) atoms. The standard InChI is InChI=1S/C16H12N6O2/c23-16(19-15-5-2-8-24-15)18-12-4-1-3-11(9-12)13-6-7-14-20-17-10-22(14)21-13/h1-10H,(H2,18,19,23). The molecule has 3 heterocycles. The maximum absolute atomic E-state index is 11.9. The monoisotopic (exact) mass is 320 g/mol. The molecule has 0 unspecified atom stereocenters. The van der Waals surface area contributed by atoms with Gasteiger partial charge in [-0.05, 0) is 30.3 Å². The minimum absolute atomic E-state index is 0.378. The van der Waals surface area contributed by atoms with Crippen molar-refractivity contribution in [1.82, 2.24) is 19.8 Å². The summed E-state index contributed by atoms with van der Waals surface area (Å²) in [6.07, 6.45) is 3.03. The van der Waals surface area contributed by atoms with Crippen molar-refractivity contribution in [2.75, 3.05) is 10.6 Å². The topological polar surface area (TPSA) is 97.4 Å². The van der Waals surface area contributed by atoms with Crippen molar-refractivity contribution in [3.63, 3.8) is 0 Å². The Morgan fingerprint density at radius 1 is 1.08 bits per heavy atom. The SMILES string of the molecule is O=C(Nc1cccc(-c2ccc3nncn3n2)c1)Nc1ccco1.